The molecule has 0 N–H and O–H groups in total. The molecule has 5 rings (SSSR count). The molecule has 0 unspecified atom stereocenters. The van der Waals surface area contributed by atoms with Crippen LogP contribution in [0.1, 0.15) is 40.8 Å². The molecule has 0 fully saturated rings. The maximum atomic E-state index is 13.3. The van der Waals surface area contributed by atoms with Crippen molar-refractivity contribution in [1.29, 1.82) is 0 Å². The van der Waals surface area contributed by atoms with Crippen molar-refractivity contribution in [2.24, 2.45) is 14.1 Å². The van der Waals surface area contributed by atoms with Crippen molar-refractivity contribution in [1.82, 2.24) is 14.3 Å². The molecule has 0 aliphatic carbocycles. The van der Waals surface area contributed by atoms with Gasteiger partial charge in [0, 0.05) is 41.7 Å². The second-order valence-electron chi connectivity index (χ2n) is 10.1. The highest BCUT2D eigenvalue weighted by atomic mass is 16.5. The largest absolute Gasteiger partial charge is 0.493 e. The lowest BCUT2D eigenvalue weighted by Gasteiger charge is -2.10. The Hall–Kier alpha value is -4.36. The number of fused-ring (bicyclic) bond motifs is 2. The van der Waals surface area contributed by atoms with Crippen molar-refractivity contribution in [2.75, 3.05) is 19.8 Å². The summed E-state index contributed by atoms with van der Waals surface area (Å²) in [6, 6.07) is 20.5. The summed E-state index contributed by atoms with van der Waals surface area (Å²) < 4.78 is 21.4. The lowest BCUT2D eigenvalue weighted by molar-refractivity contribution is 0.0514. The van der Waals surface area contributed by atoms with Crippen molar-refractivity contribution in [3.8, 4) is 16.9 Å². The van der Waals surface area contributed by atoms with Gasteiger partial charge in [-0.1, -0.05) is 60.7 Å². The van der Waals surface area contributed by atoms with Crippen LogP contribution in [0.25, 0.3) is 32.8 Å². The minimum Gasteiger partial charge on any atom is -0.493 e. The maximum absolute atomic E-state index is 13.3. The molecule has 3 aromatic carbocycles. The Balaban J connectivity index is 1.51. The van der Waals surface area contributed by atoms with Gasteiger partial charge in [0.05, 0.1) is 37.6 Å². The first-order valence-corrected chi connectivity index (χ1v) is 14.1. The number of para-hydroxylation sites is 1. The van der Waals surface area contributed by atoms with Gasteiger partial charge < -0.3 is 18.8 Å². The maximum Gasteiger partial charge on any atom is 0.355 e. The molecule has 41 heavy (non-hydrogen) atoms. The molecule has 0 spiro atoms. The highest BCUT2D eigenvalue weighted by molar-refractivity contribution is 6.04. The zero-order valence-corrected chi connectivity index (χ0v) is 24.3. The Morgan fingerprint density at radius 3 is 2.59 bits per heavy atom. The van der Waals surface area contributed by atoms with Crippen LogP contribution in [0.3, 0.4) is 0 Å². The van der Waals surface area contributed by atoms with E-state index in [4.69, 9.17) is 19.3 Å². The zero-order chi connectivity index (χ0) is 28.9. The van der Waals surface area contributed by atoms with Crippen LogP contribution in [0.5, 0.6) is 5.75 Å². The van der Waals surface area contributed by atoms with E-state index in [9.17, 15) is 4.79 Å². The van der Waals surface area contributed by atoms with Gasteiger partial charge in [-0.3, -0.25) is 4.68 Å². The van der Waals surface area contributed by atoms with Crippen molar-refractivity contribution < 1.29 is 19.0 Å². The smallest absolute Gasteiger partial charge is 0.355 e. The molecule has 0 atom stereocenters. The summed E-state index contributed by atoms with van der Waals surface area (Å²) in [6.07, 6.45) is 3.14. The van der Waals surface area contributed by atoms with Crippen LogP contribution in [0.4, 0.5) is 0 Å². The fraction of sp³-hybridized carbons (Fsp3) is 0.294. The molecule has 0 bridgehead atoms. The highest BCUT2D eigenvalue weighted by Gasteiger charge is 2.26. The first kappa shape index (κ1) is 28.2. The van der Waals surface area contributed by atoms with Crippen LogP contribution in [0.15, 0.2) is 73.3 Å². The van der Waals surface area contributed by atoms with Crippen molar-refractivity contribution in [3.05, 3.63) is 96.0 Å². The molecule has 0 aliphatic rings. The predicted molar refractivity (Wildman–Crippen MR) is 163 cm³/mol. The van der Waals surface area contributed by atoms with E-state index in [2.05, 4.69) is 43.8 Å². The standard InChI is InChI=1S/C34H37N3O4/c1-6-20-39-22-29-31(23(3)37(5)35-29)28-17-11-16-26-27(33(34(38)40-7-2)36(4)32(26)28)18-12-21-41-30-19-10-14-24-13-8-9-15-25(24)30/h6,8-11,13-17,19H,1,7,12,18,20-22H2,2-5H3. The van der Waals surface area contributed by atoms with E-state index in [0.717, 1.165) is 61.9 Å². The number of benzene rings is 3. The van der Waals surface area contributed by atoms with Crippen LogP contribution in [0, 0.1) is 6.92 Å². The van der Waals surface area contributed by atoms with Crippen LogP contribution >= 0.6 is 0 Å². The van der Waals surface area contributed by atoms with E-state index >= 15 is 0 Å². The van der Waals surface area contributed by atoms with E-state index in [0.29, 0.717) is 38.5 Å². The van der Waals surface area contributed by atoms with Gasteiger partial charge in [0.15, 0.2) is 0 Å². The minimum absolute atomic E-state index is 0.309. The molecule has 2 aromatic heterocycles. The normalized spacial score (nSPS) is 11.3. The summed E-state index contributed by atoms with van der Waals surface area (Å²) in [5.74, 6) is 0.548. The monoisotopic (exact) mass is 551 g/mol. The molecular formula is C34H37N3O4. The Morgan fingerprint density at radius 2 is 1.78 bits per heavy atom. The lowest BCUT2D eigenvalue weighted by Crippen LogP contribution is -2.13. The second kappa shape index (κ2) is 12.4. The Morgan fingerprint density at radius 1 is 1.02 bits per heavy atom. The number of hydrogen-bond acceptors (Lipinski definition) is 5. The highest BCUT2D eigenvalue weighted by Crippen LogP contribution is 2.38. The summed E-state index contributed by atoms with van der Waals surface area (Å²) >= 11 is 0. The molecular weight excluding hydrogens is 514 g/mol. The van der Waals surface area contributed by atoms with E-state index in [1.165, 1.54) is 0 Å². The van der Waals surface area contributed by atoms with E-state index in [-0.39, 0.29) is 5.97 Å². The third kappa shape index (κ3) is 5.50. The predicted octanol–water partition coefficient (Wildman–Crippen LogP) is 6.93. The topological polar surface area (TPSA) is 67.5 Å². The zero-order valence-electron chi connectivity index (χ0n) is 24.3. The molecule has 0 saturated carbocycles. The molecule has 5 aromatic rings. The molecule has 212 valence electrons. The number of aryl methyl sites for hydroxylation is 3. The van der Waals surface area contributed by atoms with Gasteiger partial charge >= 0.3 is 5.97 Å². The molecule has 7 nitrogen and oxygen atoms in total. The summed E-state index contributed by atoms with van der Waals surface area (Å²) in [5, 5.41) is 8.01. The number of nitrogens with zero attached hydrogens (tertiary/aromatic N) is 3. The van der Waals surface area contributed by atoms with Gasteiger partial charge in [-0.2, -0.15) is 5.10 Å². The molecule has 0 saturated heterocycles. The van der Waals surface area contributed by atoms with Crippen LogP contribution in [-0.4, -0.2) is 40.1 Å². The summed E-state index contributed by atoms with van der Waals surface area (Å²) in [7, 11) is 3.88. The van der Waals surface area contributed by atoms with Gasteiger partial charge in [-0.25, -0.2) is 4.79 Å². The van der Waals surface area contributed by atoms with E-state index < -0.39 is 0 Å². The van der Waals surface area contributed by atoms with E-state index in [1.54, 1.807) is 6.08 Å². The van der Waals surface area contributed by atoms with Crippen molar-refractivity contribution >= 4 is 27.6 Å². The SMILES string of the molecule is C=CCOCc1nn(C)c(C)c1-c1cccc2c(CCCOc3cccc4ccccc34)c(C(=O)OCC)n(C)c12. The second-order valence-corrected chi connectivity index (χ2v) is 10.1. The number of esters is 1. The Bertz CT molecular complexity index is 1710. The van der Waals surface area contributed by atoms with Gasteiger partial charge in [0.1, 0.15) is 11.4 Å². The molecule has 0 radical (unpaired) electrons. The number of rotatable bonds is 12. The lowest BCUT2D eigenvalue weighted by atomic mass is 9.98. The average molecular weight is 552 g/mol. The third-order valence-electron chi connectivity index (χ3n) is 7.52. The fourth-order valence-electron chi connectivity index (χ4n) is 5.62. The first-order valence-electron chi connectivity index (χ1n) is 14.1. The van der Waals surface area contributed by atoms with Gasteiger partial charge in [-0.05, 0) is 43.7 Å². The van der Waals surface area contributed by atoms with E-state index in [1.807, 2.05) is 60.6 Å². The first-order chi connectivity index (χ1) is 20.0. The quantitative estimate of drug-likeness (QED) is 0.0955. The van der Waals surface area contributed by atoms with Gasteiger partial charge in [0.2, 0.25) is 0 Å². The summed E-state index contributed by atoms with van der Waals surface area (Å²) in [6.45, 7) is 9.28. The number of hydrogen-bond donors (Lipinski definition) is 0. The fourth-order valence-corrected chi connectivity index (χ4v) is 5.62. The number of carbonyl (C=O) groups is 1. The van der Waals surface area contributed by atoms with Crippen molar-refractivity contribution in [2.45, 2.75) is 33.3 Å². The van der Waals surface area contributed by atoms with Crippen LogP contribution < -0.4 is 4.74 Å². The number of aromatic nitrogens is 3. The molecule has 0 amide bonds. The molecule has 0 aliphatic heterocycles. The Labute approximate surface area is 240 Å². The minimum atomic E-state index is -0.320. The van der Waals surface area contributed by atoms with Crippen LogP contribution in [0.2, 0.25) is 0 Å². The van der Waals surface area contributed by atoms with Gasteiger partial charge in [0.25, 0.3) is 0 Å². The average Bonchev–Trinajstić information content (AvgIpc) is 3.43. The Kier molecular flexibility index (Phi) is 8.55. The molecule has 7 heteroatoms. The summed E-state index contributed by atoms with van der Waals surface area (Å²) in [5.41, 5.74) is 6.42. The number of carbonyl (C=O) groups excluding carboxylic acids is 1. The number of ether oxygens (including phenoxy) is 3. The third-order valence-corrected chi connectivity index (χ3v) is 7.52. The van der Waals surface area contributed by atoms with Crippen molar-refractivity contribution in [3.63, 3.8) is 0 Å². The molecule has 2 heterocycles. The van der Waals surface area contributed by atoms with Gasteiger partial charge in [-0.15, -0.1) is 6.58 Å². The summed E-state index contributed by atoms with van der Waals surface area (Å²) in [4.78, 5) is 13.3. The van der Waals surface area contributed by atoms with Crippen LogP contribution in [-0.2, 0) is 36.6 Å².